The molecule has 0 bridgehead atoms. The fourth-order valence-corrected chi connectivity index (χ4v) is 2.98. The van der Waals surface area contributed by atoms with Gasteiger partial charge in [-0.1, -0.05) is 24.3 Å². The molecule has 3 rings (SSSR count). The van der Waals surface area contributed by atoms with Crippen LogP contribution in [0.5, 0.6) is 5.75 Å². The minimum atomic E-state index is -0.186. The van der Waals surface area contributed by atoms with Gasteiger partial charge in [0.2, 0.25) is 5.91 Å². The van der Waals surface area contributed by atoms with Gasteiger partial charge in [-0.25, -0.2) is 4.98 Å². The Balaban J connectivity index is 1.69. The third kappa shape index (κ3) is 4.55. The van der Waals surface area contributed by atoms with Crippen LogP contribution in [0.1, 0.15) is 10.6 Å². The zero-order valence-electron chi connectivity index (χ0n) is 14.0. The molecule has 2 aromatic carbocycles. The first-order valence-electron chi connectivity index (χ1n) is 7.80. The highest BCUT2D eigenvalue weighted by molar-refractivity contribution is 7.09. The molecule has 0 radical (unpaired) electrons. The van der Waals surface area contributed by atoms with Crippen molar-refractivity contribution < 1.29 is 9.53 Å². The van der Waals surface area contributed by atoms with Gasteiger partial charge in [0.05, 0.1) is 17.8 Å². The van der Waals surface area contributed by atoms with Crippen molar-refractivity contribution in [3.8, 4) is 17.0 Å². The first-order chi connectivity index (χ1) is 12.1. The second-order valence-corrected chi connectivity index (χ2v) is 6.49. The van der Waals surface area contributed by atoms with Crippen molar-refractivity contribution in [2.24, 2.45) is 0 Å². The average molecular weight is 350 g/mol. The fraction of sp³-hybridized carbons (Fsp3) is 0.100. The Bertz CT molecular complexity index is 915. The van der Waals surface area contributed by atoms with Crippen molar-refractivity contribution in [1.29, 1.82) is 0 Å². The van der Waals surface area contributed by atoms with Gasteiger partial charge in [0.15, 0.2) is 0 Å². The molecule has 126 valence electrons. The van der Waals surface area contributed by atoms with Crippen molar-refractivity contribution in [1.82, 2.24) is 4.98 Å². The number of hydrogen-bond acceptors (Lipinski definition) is 4. The minimum Gasteiger partial charge on any atom is -0.497 e. The Morgan fingerprint density at radius 3 is 2.80 bits per heavy atom. The molecule has 0 fully saturated rings. The lowest BCUT2D eigenvalue weighted by Gasteiger charge is -2.04. The van der Waals surface area contributed by atoms with Crippen molar-refractivity contribution in [3.63, 3.8) is 0 Å². The molecule has 0 aliphatic rings. The van der Waals surface area contributed by atoms with E-state index in [1.165, 1.54) is 6.08 Å². The van der Waals surface area contributed by atoms with Gasteiger partial charge in [-0.2, -0.15) is 0 Å². The number of ether oxygens (including phenoxy) is 1. The molecule has 0 atom stereocenters. The van der Waals surface area contributed by atoms with Gasteiger partial charge in [0.25, 0.3) is 0 Å². The molecule has 0 spiro atoms. The number of benzene rings is 2. The molecule has 0 saturated carbocycles. The number of carbonyl (C=O) groups is 1. The zero-order chi connectivity index (χ0) is 17.6. The summed E-state index contributed by atoms with van der Waals surface area (Å²) in [6.45, 7) is 1.98. The molecule has 0 aliphatic heterocycles. The fourth-order valence-electron chi connectivity index (χ4n) is 2.35. The van der Waals surface area contributed by atoms with E-state index in [-0.39, 0.29) is 5.91 Å². The maximum atomic E-state index is 12.1. The monoisotopic (exact) mass is 350 g/mol. The zero-order valence-corrected chi connectivity index (χ0v) is 14.8. The molecule has 0 saturated heterocycles. The normalized spacial score (nSPS) is 10.8. The highest BCUT2D eigenvalue weighted by Crippen LogP contribution is 2.24. The van der Waals surface area contributed by atoms with Gasteiger partial charge in [-0.05, 0) is 42.8 Å². The molecule has 1 aromatic heterocycles. The Labute approximate surface area is 150 Å². The van der Waals surface area contributed by atoms with Crippen molar-refractivity contribution in [3.05, 3.63) is 70.6 Å². The van der Waals surface area contributed by atoms with Crippen molar-refractivity contribution >= 4 is 29.0 Å². The predicted octanol–water partition coefficient (Wildman–Crippen LogP) is 4.78. The summed E-state index contributed by atoms with van der Waals surface area (Å²) in [4.78, 5) is 16.6. The molecule has 1 N–H and O–H groups in total. The number of aromatic nitrogens is 1. The topological polar surface area (TPSA) is 51.2 Å². The summed E-state index contributed by atoms with van der Waals surface area (Å²) in [7, 11) is 1.62. The van der Waals surface area contributed by atoms with E-state index >= 15 is 0 Å². The molecule has 1 amide bonds. The third-order valence-corrected chi connectivity index (χ3v) is 4.34. The molecule has 0 unspecified atom stereocenters. The Kier molecular flexibility index (Phi) is 5.26. The molecule has 25 heavy (non-hydrogen) atoms. The molecule has 1 heterocycles. The van der Waals surface area contributed by atoms with Gasteiger partial charge in [0, 0.05) is 22.7 Å². The predicted molar refractivity (Wildman–Crippen MR) is 103 cm³/mol. The molecule has 3 aromatic rings. The first-order valence-corrected chi connectivity index (χ1v) is 8.68. The summed E-state index contributed by atoms with van der Waals surface area (Å²) in [5.41, 5.74) is 3.55. The van der Waals surface area contributed by atoms with Crippen LogP contribution in [-0.4, -0.2) is 18.0 Å². The molecule has 0 aliphatic carbocycles. The van der Waals surface area contributed by atoms with E-state index in [1.807, 2.05) is 60.8 Å². The van der Waals surface area contributed by atoms with Crippen LogP contribution >= 0.6 is 11.3 Å². The summed E-state index contributed by atoms with van der Waals surface area (Å²) in [6.07, 6.45) is 3.26. The number of amides is 1. The lowest BCUT2D eigenvalue weighted by molar-refractivity contribution is -0.111. The van der Waals surface area contributed by atoms with Crippen LogP contribution in [0, 0.1) is 6.92 Å². The number of thiazole rings is 1. The largest absolute Gasteiger partial charge is 0.497 e. The SMILES string of the molecule is COc1cccc(/C=C/C(=O)Nc2cccc(-c3csc(C)n3)c2)c1. The maximum absolute atomic E-state index is 12.1. The van der Waals surface area contributed by atoms with Gasteiger partial charge < -0.3 is 10.1 Å². The Morgan fingerprint density at radius 2 is 2.04 bits per heavy atom. The average Bonchev–Trinajstić information content (AvgIpc) is 3.07. The summed E-state index contributed by atoms with van der Waals surface area (Å²) in [5, 5.41) is 5.91. The number of nitrogens with zero attached hydrogens (tertiary/aromatic N) is 1. The van der Waals surface area contributed by atoms with Crippen molar-refractivity contribution in [2.45, 2.75) is 6.92 Å². The van der Waals surface area contributed by atoms with E-state index in [2.05, 4.69) is 10.3 Å². The summed E-state index contributed by atoms with van der Waals surface area (Å²) < 4.78 is 5.17. The molecular weight excluding hydrogens is 332 g/mol. The Morgan fingerprint density at radius 1 is 1.20 bits per heavy atom. The number of anilines is 1. The molecule has 4 nitrogen and oxygen atoms in total. The van der Waals surface area contributed by atoms with Crippen LogP contribution in [0.15, 0.2) is 60.0 Å². The van der Waals surface area contributed by atoms with E-state index in [4.69, 9.17) is 4.74 Å². The number of nitrogens with one attached hydrogen (secondary N) is 1. The summed E-state index contributed by atoms with van der Waals surface area (Å²) in [6, 6.07) is 15.2. The van der Waals surface area contributed by atoms with E-state index in [0.717, 1.165) is 33.3 Å². The smallest absolute Gasteiger partial charge is 0.248 e. The van der Waals surface area contributed by atoms with Crippen LogP contribution in [0.25, 0.3) is 17.3 Å². The van der Waals surface area contributed by atoms with E-state index < -0.39 is 0 Å². The second-order valence-electron chi connectivity index (χ2n) is 5.43. The van der Waals surface area contributed by atoms with Crippen molar-refractivity contribution in [2.75, 3.05) is 12.4 Å². The van der Waals surface area contributed by atoms with Gasteiger partial charge in [-0.15, -0.1) is 11.3 Å². The number of methoxy groups -OCH3 is 1. The van der Waals surface area contributed by atoms with Gasteiger partial charge >= 0.3 is 0 Å². The van der Waals surface area contributed by atoms with Crippen LogP contribution in [0.2, 0.25) is 0 Å². The van der Waals surface area contributed by atoms with Crippen LogP contribution < -0.4 is 10.1 Å². The first kappa shape index (κ1) is 16.9. The maximum Gasteiger partial charge on any atom is 0.248 e. The third-order valence-electron chi connectivity index (χ3n) is 3.57. The lowest BCUT2D eigenvalue weighted by Crippen LogP contribution is -2.07. The van der Waals surface area contributed by atoms with Crippen LogP contribution in [0.4, 0.5) is 5.69 Å². The lowest BCUT2D eigenvalue weighted by atomic mass is 10.1. The highest BCUT2D eigenvalue weighted by atomic mass is 32.1. The quantitative estimate of drug-likeness (QED) is 0.674. The highest BCUT2D eigenvalue weighted by Gasteiger charge is 2.04. The van der Waals surface area contributed by atoms with Crippen LogP contribution in [0.3, 0.4) is 0 Å². The second kappa shape index (κ2) is 7.77. The number of rotatable bonds is 5. The van der Waals surface area contributed by atoms with Gasteiger partial charge in [0.1, 0.15) is 5.75 Å². The van der Waals surface area contributed by atoms with E-state index in [9.17, 15) is 4.79 Å². The number of hydrogen-bond donors (Lipinski definition) is 1. The van der Waals surface area contributed by atoms with E-state index in [1.54, 1.807) is 24.5 Å². The number of aryl methyl sites for hydroxylation is 1. The summed E-state index contributed by atoms with van der Waals surface area (Å²) in [5.74, 6) is 0.572. The Hall–Kier alpha value is -2.92. The number of carbonyl (C=O) groups excluding carboxylic acids is 1. The minimum absolute atomic E-state index is 0.186. The van der Waals surface area contributed by atoms with E-state index in [0.29, 0.717) is 0 Å². The summed E-state index contributed by atoms with van der Waals surface area (Å²) >= 11 is 1.61. The molecular formula is C20H18N2O2S. The molecule has 5 heteroatoms. The van der Waals surface area contributed by atoms with Gasteiger partial charge in [-0.3, -0.25) is 4.79 Å². The van der Waals surface area contributed by atoms with Crippen LogP contribution in [-0.2, 0) is 4.79 Å². The standard InChI is InChI=1S/C20H18N2O2S/c1-14-21-19(13-25-14)16-6-4-7-17(12-16)22-20(23)10-9-15-5-3-8-18(11-15)24-2/h3-13H,1-2H3,(H,22,23)/b10-9+.